The number of fused-ring (bicyclic) bond motifs is 8. The maximum absolute atomic E-state index is 6.08. The Morgan fingerprint density at radius 3 is 2.29 bits per heavy atom. The highest BCUT2D eigenvalue weighted by Gasteiger charge is 2.18. The molecule has 0 N–H and O–H groups in total. The third-order valence-corrected chi connectivity index (χ3v) is 6.93. The van der Waals surface area contributed by atoms with Gasteiger partial charge in [0, 0.05) is 10.8 Å². The van der Waals surface area contributed by atoms with E-state index in [-0.39, 0.29) is 0 Å². The first kappa shape index (κ1) is 18.6. The van der Waals surface area contributed by atoms with E-state index >= 15 is 0 Å². The molecule has 0 saturated carbocycles. The number of furan rings is 1. The van der Waals surface area contributed by atoms with Crippen molar-refractivity contribution in [3.8, 4) is 16.8 Å². The van der Waals surface area contributed by atoms with Crippen LogP contribution in [0.4, 0.5) is 0 Å². The van der Waals surface area contributed by atoms with Gasteiger partial charge in [-0.15, -0.1) is 0 Å². The molecule has 0 fully saturated rings. The lowest BCUT2D eigenvalue weighted by molar-refractivity contribution is 0.669. The minimum Gasteiger partial charge on any atom is -0.456 e. The smallest absolute Gasteiger partial charge is 0.220 e. The zero-order valence-electron chi connectivity index (χ0n) is 18.7. The van der Waals surface area contributed by atoms with Crippen LogP contribution in [0.5, 0.6) is 0 Å². The summed E-state index contributed by atoms with van der Waals surface area (Å²) >= 11 is 0. The molecule has 8 rings (SSSR count). The number of benzene rings is 5. The molecule has 4 heteroatoms. The Morgan fingerprint density at radius 1 is 0.543 bits per heavy atom. The molecular formula is C31H19N3O. The van der Waals surface area contributed by atoms with E-state index in [9.17, 15) is 0 Å². The van der Waals surface area contributed by atoms with E-state index in [4.69, 9.17) is 9.40 Å². The topological polar surface area (TPSA) is 35.4 Å². The summed E-state index contributed by atoms with van der Waals surface area (Å²) in [6, 6.07) is 40.1. The van der Waals surface area contributed by atoms with Gasteiger partial charge in [0.15, 0.2) is 0 Å². The van der Waals surface area contributed by atoms with Crippen LogP contribution in [0, 0.1) is 0 Å². The average molecular weight is 450 g/mol. The molecule has 164 valence electrons. The van der Waals surface area contributed by atoms with E-state index in [1.165, 1.54) is 11.1 Å². The highest BCUT2D eigenvalue weighted by Crippen LogP contribution is 2.35. The van der Waals surface area contributed by atoms with Crippen molar-refractivity contribution in [3.63, 3.8) is 0 Å². The molecule has 0 radical (unpaired) electrons. The highest BCUT2D eigenvalue weighted by molar-refractivity contribution is 6.06. The molecule has 0 spiro atoms. The lowest BCUT2D eigenvalue weighted by Crippen LogP contribution is -1.94. The number of hydrogen-bond acceptors (Lipinski definition) is 2. The van der Waals surface area contributed by atoms with Gasteiger partial charge in [0.05, 0.1) is 27.8 Å². The molecule has 3 aromatic heterocycles. The molecule has 0 aliphatic heterocycles. The lowest BCUT2D eigenvalue weighted by Gasteiger charge is -2.07. The van der Waals surface area contributed by atoms with Crippen LogP contribution in [0.25, 0.3) is 66.6 Å². The molecular weight excluding hydrogens is 430 g/mol. The maximum Gasteiger partial charge on any atom is 0.220 e. The Labute approximate surface area is 200 Å². The van der Waals surface area contributed by atoms with Crippen LogP contribution < -0.4 is 0 Å². The number of imidazole rings is 2. The summed E-state index contributed by atoms with van der Waals surface area (Å²) in [6.45, 7) is 0. The van der Waals surface area contributed by atoms with Crippen molar-refractivity contribution in [2.75, 3.05) is 0 Å². The van der Waals surface area contributed by atoms with Crippen molar-refractivity contribution < 1.29 is 4.42 Å². The van der Waals surface area contributed by atoms with Crippen molar-refractivity contribution in [1.29, 1.82) is 0 Å². The van der Waals surface area contributed by atoms with Crippen LogP contribution in [-0.2, 0) is 0 Å². The maximum atomic E-state index is 6.08. The van der Waals surface area contributed by atoms with Crippen molar-refractivity contribution in [2.24, 2.45) is 0 Å². The number of para-hydroxylation sites is 3. The van der Waals surface area contributed by atoms with E-state index in [0.717, 1.165) is 55.5 Å². The van der Waals surface area contributed by atoms with Gasteiger partial charge in [-0.1, -0.05) is 66.7 Å². The Balaban J connectivity index is 1.49. The standard InChI is InChI=1S/C31H19N3O/c1-2-8-20(9-3-1)21-14-16-27-28(18-21)34-26-12-6-5-11-25(26)32-31(34)33(27)22-15-17-30-24(19-22)23-10-4-7-13-29(23)35-30/h1-19H. The third kappa shape index (κ3) is 2.59. The van der Waals surface area contributed by atoms with Gasteiger partial charge in [0.1, 0.15) is 11.2 Å². The molecule has 5 aromatic carbocycles. The molecule has 0 bridgehead atoms. The quantitative estimate of drug-likeness (QED) is 0.268. The fourth-order valence-corrected chi connectivity index (χ4v) is 5.32. The van der Waals surface area contributed by atoms with Crippen LogP contribution in [0.2, 0.25) is 0 Å². The second-order valence-corrected chi connectivity index (χ2v) is 8.92. The largest absolute Gasteiger partial charge is 0.456 e. The normalized spacial score (nSPS) is 12.0. The monoisotopic (exact) mass is 449 g/mol. The van der Waals surface area contributed by atoms with E-state index in [0.29, 0.717) is 0 Å². The summed E-state index contributed by atoms with van der Waals surface area (Å²) in [4.78, 5) is 5.06. The van der Waals surface area contributed by atoms with Crippen LogP contribution in [0.1, 0.15) is 0 Å². The summed E-state index contributed by atoms with van der Waals surface area (Å²) in [7, 11) is 0. The second-order valence-electron chi connectivity index (χ2n) is 8.92. The fourth-order valence-electron chi connectivity index (χ4n) is 5.32. The molecule has 35 heavy (non-hydrogen) atoms. The van der Waals surface area contributed by atoms with Crippen LogP contribution in [0.3, 0.4) is 0 Å². The Morgan fingerprint density at radius 2 is 1.34 bits per heavy atom. The minimum atomic E-state index is 0.891. The minimum absolute atomic E-state index is 0.891. The predicted octanol–water partition coefficient (Wildman–Crippen LogP) is 8.00. The van der Waals surface area contributed by atoms with Crippen molar-refractivity contribution in [2.45, 2.75) is 0 Å². The van der Waals surface area contributed by atoms with Crippen molar-refractivity contribution in [1.82, 2.24) is 14.0 Å². The Hall–Kier alpha value is -4.83. The van der Waals surface area contributed by atoms with Crippen LogP contribution in [0.15, 0.2) is 120 Å². The summed E-state index contributed by atoms with van der Waals surface area (Å²) in [5, 5.41) is 2.23. The van der Waals surface area contributed by atoms with E-state index in [2.05, 4.69) is 106 Å². The van der Waals surface area contributed by atoms with Gasteiger partial charge in [-0.3, -0.25) is 8.97 Å². The Bertz CT molecular complexity index is 2060. The van der Waals surface area contributed by atoms with Crippen LogP contribution in [-0.4, -0.2) is 14.0 Å². The summed E-state index contributed by atoms with van der Waals surface area (Å²) < 4.78 is 10.6. The van der Waals surface area contributed by atoms with Crippen molar-refractivity contribution in [3.05, 3.63) is 115 Å². The lowest BCUT2D eigenvalue weighted by atomic mass is 10.1. The number of rotatable bonds is 2. The van der Waals surface area contributed by atoms with E-state index < -0.39 is 0 Å². The molecule has 0 saturated heterocycles. The highest BCUT2D eigenvalue weighted by atomic mass is 16.3. The number of aromatic nitrogens is 3. The summed E-state index contributed by atoms with van der Waals surface area (Å²) in [5.41, 5.74) is 9.58. The molecule has 3 heterocycles. The van der Waals surface area contributed by atoms with Gasteiger partial charge in [0.25, 0.3) is 0 Å². The van der Waals surface area contributed by atoms with E-state index in [1.807, 2.05) is 18.2 Å². The molecule has 0 aliphatic rings. The molecule has 0 aliphatic carbocycles. The van der Waals surface area contributed by atoms with Gasteiger partial charge in [-0.05, 0) is 59.7 Å². The summed E-state index contributed by atoms with van der Waals surface area (Å²) in [6.07, 6.45) is 0. The molecule has 8 aromatic rings. The molecule has 0 amide bonds. The SMILES string of the molecule is c1ccc(-c2ccc3c(c2)n2c4ccccc4nc2n3-c2ccc3oc4ccccc4c3c2)cc1. The molecule has 4 nitrogen and oxygen atoms in total. The first-order valence-corrected chi connectivity index (χ1v) is 11.7. The van der Waals surface area contributed by atoms with E-state index in [1.54, 1.807) is 0 Å². The first-order chi connectivity index (χ1) is 17.3. The van der Waals surface area contributed by atoms with Crippen molar-refractivity contribution >= 4 is 49.8 Å². The first-order valence-electron chi connectivity index (χ1n) is 11.7. The van der Waals surface area contributed by atoms with Crippen LogP contribution >= 0.6 is 0 Å². The van der Waals surface area contributed by atoms with Gasteiger partial charge < -0.3 is 4.42 Å². The average Bonchev–Trinajstić information content (AvgIpc) is 3.57. The van der Waals surface area contributed by atoms with Gasteiger partial charge in [-0.25, -0.2) is 4.98 Å². The van der Waals surface area contributed by atoms with Gasteiger partial charge in [0.2, 0.25) is 5.78 Å². The summed E-state index contributed by atoms with van der Waals surface area (Å²) in [5.74, 6) is 0.901. The zero-order valence-corrected chi connectivity index (χ0v) is 18.7. The number of hydrogen-bond donors (Lipinski definition) is 0. The number of nitrogens with zero attached hydrogens (tertiary/aromatic N) is 3. The predicted molar refractivity (Wildman–Crippen MR) is 142 cm³/mol. The molecule has 0 atom stereocenters. The molecule has 0 unspecified atom stereocenters. The fraction of sp³-hybridized carbons (Fsp3) is 0. The zero-order chi connectivity index (χ0) is 22.9. The second kappa shape index (κ2) is 6.84. The van der Waals surface area contributed by atoms with Gasteiger partial charge >= 0.3 is 0 Å². The van der Waals surface area contributed by atoms with Gasteiger partial charge in [-0.2, -0.15) is 0 Å². The Kier molecular flexibility index (Phi) is 3.63. The third-order valence-electron chi connectivity index (χ3n) is 6.93.